The van der Waals surface area contributed by atoms with Crippen molar-refractivity contribution in [2.75, 3.05) is 27.8 Å². The number of hydrogen-bond acceptors (Lipinski definition) is 4. The van der Waals surface area contributed by atoms with Gasteiger partial charge in [0, 0.05) is 37.7 Å². The summed E-state index contributed by atoms with van der Waals surface area (Å²) in [6.45, 7) is 2.85. The van der Waals surface area contributed by atoms with Gasteiger partial charge in [-0.2, -0.15) is 0 Å². The van der Waals surface area contributed by atoms with Gasteiger partial charge in [0.15, 0.2) is 0 Å². The van der Waals surface area contributed by atoms with Crippen LogP contribution in [0.1, 0.15) is 31.4 Å². The monoisotopic (exact) mass is 292 g/mol. The van der Waals surface area contributed by atoms with E-state index in [-0.39, 0.29) is 11.9 Å². The van der Waals surface area contributed by atoms with Crippen LogP contribution < -0.4 is 14.8 Å². The zero-order valence-electron chi connectivity index (χ0n) is 13.2. The van der Waals surface area contributed by atoms with Gasteiger partial charge in [0.1, 0.15) is 11.5 Å². The quantitative estimate of drug-likeness (QED) is 0.901. The van der Waals surface area contributed by atoms with Gasteiger partial charge in [0.05, 0.1) is 14.2 Å². The van der Waals surface area contributed by atoms with Crippen LogP contribution in [-0.2, 0) is 4.79 Å². The molecule has 1 aliphatic rings. The molecular weight excluding hydrogens is 268 g/mol. The van der Waals surface area contributed by atoms with E-state index >= 15 is 0 Å². The lowest BCUT2D eigenvalue weighted by Crippen LogP contribution is -2.47. The number of nitrogens with zero attached hydrogens (tertiary/aromatic N) is 1. The highest BCUT2D eigenvalue weighted by Gasteiger charge is 2.25. The van der Waals surface area contributed by atoms with Gasteiger partial charge >= 0.3 is 0 Å². The number of hydrogen-bond donors (Lipinski definition) is 1. The largest absolute Gasteiger partial charge is 0.497 e. The fourth-order valence-corrected chi connectivity index (χ4v) is 2.77. The molecule has 1 N–H and O–H groups in total. The maximum absolute atomic E-state index is 11.5. The van der Waals surface area contributed by atoms with Gasteiger partial charge in [-0.25, -0.2) is 0 Å². The molecule has 1 amide bonds. The predicted octanol–water partition coefficient (Wildman–Crippen LogP) is 1.98. The summed E-state index contributed by atoms with van der Waals surface area (Å²) in [5, 5.41) is 3.58. The van der Waals surface area contributed by atoms with Gasteiger partial charge < -0.3 is 19.7 Å². The summed E-state index contributed by atoms with van der Waals surface area (Å²) in [6, 6.07) is 6.24. The zero-order valence-corrected chi connectivity index (χ0v) is 13.2. The Morgan fingerprint density at radius 3 is 2.71 bits per heavy atom. The summed E-state index contributed by atoms with van der Waals surface area (Å²) >= 11 is 0. The lowest BCUT2D eigenvalue weighted by atomic mass is 10.0. The van der Waals surface area contributed by atoms with Gasteiger partial charge in [0.25, 0.3) is 0 Å². The second kappa shape index (κ2) is 6.80. The molecule has 0 spiro atoms. The van der Waals surface area contributed by atoms with E-state index in [4.69, 9.17) is 9.47 Å². The molecule has 5 nitrogen and oxygen atoms in total. The molecule has 116 valence electrons. The van der Waals surface area contributed by atoms with Gasteiger partial charge in [-0.15, -0.1) is 0 Å². The molecule has 0 saturated carbocycles. The Morgan fingerprint density at radius 2 is 2.10 bits per heavy atom. The predicted molar refractivity (Wildman–Crippen MR) is 81.8 cm³/mol. The standard InChI is InChI=1S/C16H24N2O3/c1-11(17-12-5-8-16(19)18(2)10-12)14-9-13(20-3)6-7-15(14)21-4/h6-7,9,11-12,17H,5,8,10H2,1-4H3. The molecule has 1 fully saturated rings. The molecule has 0 aromatic heterocycles. The molecule has 1 aromatic rings. The van der Waals surface area contributed by atoms with E-state index < -0.39 is 0 Å². The fourth-order valence-electron chi connectivity index (χ4n) is 2.77. The summed E-state index contributed by atoms with van der Waals surface area (Å²) in [6.07, 6.45) is 1.48. The number of rotatable bonds is 5. The first-order chi connectivity index (χ1) is 10.0. The number of likely N-dealkylation sites (N-methyl/N-ethyl adjacent to an activating group) is 1. The number of carbonyl (C=O) groups is 1. The highest BCUT2D eigenvalue weighted by Crippen LogP contribution is 2.30. The molecular formula is C16H24N2O3. The summed E-state index contributed by atoms with van der Waals surface area (Å²) in [7, 11) is 5.18. The maximum atomic E-state index is 11.5. The van der Waals surface area contributed by atoms with Crippen molar-refractivity contribution < 1.29 is 14.3 Å². The third kappa shape index (κ3) is 3.67. The lowest BCUT2D eigenvalue weighted by molar-refractivity contribution is -0.132. The third-order valence-electron chi connectivity index (χ3n) is 4.02. The number of methoxy groups -OCH3 is 2. The molecule has 0 bridgehead atoms. The SMILES string of the molecule is COc1ccc(OC)c(C(C)NC2CCC(=O)N(C)C2)c1. The highest BCUT2D eigenvalue weighted by atomic mass is 16.5. The highest BCUT2D eigenvalue weighted by molar-refractivity contribution is 5.76. The van der Waals surface area contributed by atoms with Crippen molar-refractivity contribution in [2.45, 2.75) is 31.8 Å². The van der Waals surface area contributed by atoms with Gasteiger partial charge in [0.2, 0.25) is 5.91 Å². The molecule has 21 heavy (non-hydrogen) atoms. The second-order valence-corrected chi connectivity index (χ2v) is 5.51. The fraction of sp³-hybridized carbons (Fsp3) is 0.562. The average molecular weight is 292 g/mol. The van der Waals surface area contributed by atoms with E-state index in [1.165, 1.54) is 0 Å². The minimum Gasteiger partial charge on any atom is -0.497 e. The maximum Gasteiger partial charge on any atom is 0.222 e. The van der Waals surface area contributed by atoms with Crippen LogP contribution in [0.3, 0.4) is 0 Å². The molecule has 0 aliphatic carbocycles. The first kappa shape index (κ1) is 15.6. The summed E-state index contributed by atoms with van der Waals surface area (Å²) < 4.78 is 10.7. The van der Waals surface area contributed by atoms with Crippen molar-refractivity contribution in [3.63, 3.8) is 0 Å². The molecule has 2 rings (SSSR count). The Kier molecular flexibility index (Phi) is 5.07. The van der Waals surface area contributed by atoms with E-state index in [1.54, 1.807) is 19.1 Å². The van der Waals surface area contributed by atoms with Crippen LogP contribution >= 0.6 is 0 Å². The smallest absolute Gasteiger partial charge is 0.222 e. The Hall–Kier alpha value is -1.75. The number of likely N-dealkylation sites (tertiary alicyclic amines) is 1. The van der Waals surface area contributed by atoms with Crippen LogP contribution in [0.15, 0.2) is 18.2 Å². The normalized spacial score (nSPS) is 20.3. The van der Waals surface area contributed by atoms with Crippen molar-refractivity contribution in [3.8, 4) is 11.5 Å². The molecule has 1 aliphatic heterocycles. The molecule has 0 radical (unpaired) electrons. The van der Waals surface area contributed by atoms with E-state index in [2.05, 4.69) is 12.2 Å². The van der Waals surface area contributed by atoms with Crippen LogP contribution in [0.4, 0.5) is 0 Å². The number of ether oxygens (including phenoxy) is 2. The van der Waals surface area contributed by atoms with E-state index in [9.17, 15) is 4.79 Å². The summed E-state index contributed by atoms with van der Waals surface area (Å²) in [5.74, 6) is 1.88. The van der Waals surface area contributed by atoms with Gasteiger partial charge in [-0.05, 0) is 31.5 Å². The third-order valence-corrected chi connectivity index (χ3v) is 4.02. The topological polar surface area (TPSA) is 50.8 Å². The zero-order chi connectivity index (χ0) is 15.4. The Labute approximate surface area is 126 Å². The molecule has 5 heteroatoms. The minimum atomic E-state index is 0.127. The number of nitrogens with one attached hydrogen (secondary N) is 1. The number of piperidine rings is 1. The first-order valence-electron chi connectivity index (χ1n) is 7.27. The van der Waals surface area contributed by atoms with Crippen molar-refractivity contribution in [1.82, 2.24) is 10.2 Å². The number of benzene rings is 1. The molecule has 2 unspecified atom stereocenters. The van der Waals surface area contributed by atoms with E-state index in [0.29, 0.717) is 12.5 Å². The molecule has 2 atom stereocenters. The van der Waals surface area contributed by atoms with Crippen molar-refractivity contribution in [2.24, 2.45) is 0 Å². The lowest BCUT2D eigenvalue weighted by Gasteiger charge is -2.32. The Bertz CT molecular complexity index is 504. The van der Waals surface area contributed by atoms with Crippen molar-refractivity contribution in [1.29, 1.82) is 0 Å². The Morgan fingerprint density at radius 1 is 1.33 bits per heavy atom. The van der Waals surface area contributed by atoms with Crippen LogP contribution in [0.2, 0.25) is 0 Å². The van der Waals surface area contributed by atoms with Gasteiger partial charge in [-0.1, -0.05) is 0 Å². The number of carbonyl (C=O) groups excluding carboxylic acids is 1. The van der Waals surface area contributed by atoms with Crippen LogP contribution in [0, 0.1) is 0 Å². The number of amides is 1. The van der Waals surface area contributed by atoms with Gasteiger partial charge in [-0.3, -0.25) is 4.79 Å². The van der Waals surface area contributed by atoms with Crippen LogP contribution in [-0.4, -0.2) is 44.7 Å². The van der Waals surface area contributed by atoms with E-state index in [1.807, 2.05) is 25.2 Å². The molecule has 1 saturated heterocycles. The average Bonchev–Trinajstić information content (AvgIpc) is 2.50. The minimum absolute atomic E-state index is 0.127. The first-order valence-corrected chi connectivity index (χ1v) is 7.27. The Balaban J connectivity index is 2.09. The summed E-state index contributed by atoms with van der Waals surface area (Å²) in [5.41, 5.74) is 1.07. The van der Waals surface area contributed by atoms with Crippen LogP contribution in [0.25, 0.3) is 0 Å². The van der Waals surface area contributed by atoms with Crippen molar-refractivity contribution >= 4 is 5.91 Å². The summed E-state index contributed by atoms with van der Waals surface area (Å²) in [4.78, 5) is 13.3. The van der Waals surface area contributed by atoms with Crippen LogP contribution in [0.5, 0.6) is 11.5 Å². The second-order valence-electron chi connectivity index (χ2n) is 5.51. The van der Waals surface area contributed by atoms with Crippen molar-refractivity contribution in [3.05, 3.63) is 23.8 Å². The van der Waals surface area contributed by atoms with E-state index in [0.717, 1.165) is 30.0 Å². The molecule has 1 aromatic carbocycles. The molecule has 1 heterocycles.